The molecule has 37 heavy (non-hydrogen) atoms. The average molecular weight is 522 g/mol. The van der Waals surface area contributed by atoms with Crippen LogP contribution in [-0.2, 0) is 11.2 Å². The molecule has 0 amide bonds. The van der Waals surface area contributed by atoms with E-state index in [1.54, 1.807) is 18.2 Å². The Labute approximate surface area is 222 Å². The number of hydrogen-bond donors (Lipinski definition) is 1. The first-order chi connectivity index (χ1) is 17.7. The minimum Gasteiger partial charge on any atom is -0.490 e. The molecular weight excluding hydrogens is 490 g/mol. The number of ether oxygens (including phenoxy) is 1. The molecule has 2 heterocycles. The zero-order chi connectivity index (χ0) is 26.5. The Morgan fingerprint density at radius 3 is 2.62 bits per heavy atom. The van der Waals surface area contributed by atoms with E-state index in [1.807, 2.05) is 32.6 Å². The summed E-state index contributed by atoms with van der Waals surface area (Å²) in [5, 5.41) is 9.48. The molecular formula is C28H32ClN5O3. The molecule has 0 radical (unpaired) electrons. The highest BCUT2D eigenvalue weighted by atomic mass is 35.5. The van der Waals surface area contributed by atoms with E-state index in [1.165, 1.54) is 0 Å². The van der Waals surface area contributed by atoms with E-state index in [0.717, 1.165) is 29.1 Å². The molecule has 8 nitrogen and oxygen atoms in total. The normalized spacial score (nSPS) is 15.6. The fraction of sp³-hybridized carbons (Fsp3) is 0.321. The number of benzene rings is 2. The first-order valence-corrected chi connectivity index (χ1v) is 12.5. The standard InChI is InChI=1S/C28H32ClN5O3/c1-19-17-33(28-30-15-23(16-31-28)22-6-5-7-24(14-22)32(3)4)18-20(2)34(19)10-11-37-26-12-21(13-27(35)36)8-9-25(26)29/h5-9,12,14-16,20H,1,10-11,13,17-18H2,2-4H3,(H,35,36)/t20-/m1/s1. The second-order valence-corrected chi connectivity index (χ2v) is 9.80. The lowest BCUT2D eigenvalue weighted by Crippen LogP contribution is -2.51. The molecule has 3 aromatic rings. The topological polar surface area (TPSA) is 82.0 Å². The minimum atomic E-state index is -0.895. The number of aliphatic carboxylic acids is 1. The van der Waals surface area contributed by atoms with E-state index in [9.17, 15) is 4.79 Å². The van der Waals surface area contributed by atoms with E-state index < -0.39 is 5.97 Å². The van der Waals surface area contributed by atoms with E-state index >= 15 is 0 Å². The predicted octanol–water partition coefficient (Wildman–Crippen LogP) is 4.59. The van der Waals surface area contributed by atoms with Crippen molar-refractivity contribution in [3.63, 3.8) is 0 Å². The fourth-order valence-electron chi connectivity index (χ4n) is 4.43. The Kier molecular flexibility index (Phi) is 8.18. The first-order valence-electron chi connectivity index (χ1n) is 12.1. The highest BCUT2D eigenvalue weighted by molar-refractivity contribution is 6.32. The third-order valence-electron chi connectivity index (χ3n) is 6.35. The van der Waals surface area contributed by atoms with Crippen LogP contribution in [0.15, 0.2) is 67.1 Å². The summed E-state index contributed by atoms with van der Waals surface area (Å²) in [6, 6.07) is 13.5. The molecule has 0 bridgehead atoms. The second-order valence-electron chi connectivity index (χ2n) is 9.39. The van der Waals surface area contributed by atoms with Crippen LogP contribution in [-0.4, -0.2) is 72.3 Å². The van der Waals surface area contributed by atoms with Gasteiger partial charge in [0.05, 0.1) is 24.5 Å². The first kappa shape index (κ1) is 26.3. The van der Waals surface area contributed by atoms with Crippen LogP contribution in [0.25, 0.3) is 11.1 Å². The van der Waals surface area contributed by atoms with Crippen LogP contribution in [0.3, 0.4) is 0 Å². The maximum Gasteiger partial charge on any atom is 0.307 e. The summed E-state index contributed by atoms with van der Waals surface area (Å²) in [6.45, 7) is 8.82. The number of nitrogens with zero attached hydrogens (tertiary/aromatic N) is 5. The summed E-state index contributed by atoms with van der Waals surface area (Å²) >= 11 is 6.24. The van der Waals surface area contributed by atoms with Gasteiger partial charge in [-0.15, -0.1) is 0 Å². The van der Waals surface area contributed by atoms with Gasteiger partial charge >= 0.3 is 5.97 Å². The van der Waals surface area contributed by atoms with E-state index in [-0.39, 0.29) is 12.5 Å². The monoisotopic (exact) mass is 521 g/mol. The van der Waals surface area contributed by atoms with Crippen LogP contribution in [0.5, 0.6) is 5.75 Å². The minimum absolute atomic E-state index is 0.0746. The quantitative estimate of drug-likeness (QED) is 0.438. The molecule has 1 aliphatic rings. The lowest BCUT2D eigenvalue weighted by Gasteiger charge is -2.42. The van der Waals surface area contributed by atoms with Gasteiger partial charge in [-0.05, 0) is 42.3 Å². The zero-order valence-electron chi connectivity index (χ0n) is 21.4. The summed E-state index contributed by atoms with van der Waals surface area (Å²) in [6.07, 6.45) is 3.66. The maximum atomic E-state index is 11.0. The van der Waals surface area contributed by atoms with Gasteiger partial charge in [0.25, 0.3) is 0 Å². The second kappa shape index (κ2) is 11.5. The van der Waals surface area contributed by atoms with Gasteiger partial charge in [-0.3, -0.25) is 4.79 Å². The molecule has 2 aromatic carbocycles. The Balaban J connectivity index is 1.35. The molecule has 9 heteroatoms. The number of carboxylic acids is 1. The summed E-state index contributed by atoms with van der Waals surface area (Å²) < 4.78 is 5.90. The summed E-state index contributed by atoms with van der Waals surface area (Å²) in [4.78, 5) is 26.7. The van der Waals surface area contributed by atoms with E-state index in [4.69, 9.17) is 21.4 Å². The van der Waals surface area contributed by atoms with Gasteiger partial charge in [0.1, 0.15) is 12.4 Å². The maximum absolute atomic E-state index is 11.0. The number of piperazine rings is 1. The van der Waals surface area contributed by atoms with Crippen molar-refractivity contribution >= 4 is 29.2 Å². The van der Waals surface area contributed by atoms with Crippen molar-refractivity contribution in [3.8, 4) is 16.9 Å². The number of hydrogen-bond acceptors (Lipinski definition) is 7. The number of carbonyl (C=O) groups is 1. The number of anilines is 2. The van der Waals surface area contributed by atoms with Crippen LogP contribution < -0.4 is 14.5 Å². The SMILES string of the molecule is C=C1CN(c2ncc(-c3cccc(N(C)C)c3)cn2)C[C@@H](C)N1CCOc1cc(CC(=O)O)ccc1Cl. The van der Waals surface area contributed by atoms with Crippen LogP contribution in [0, 0.1) is 0 Å². The van der Waals surface area contributed by atoms with Gasteiger partial charge in [-0.1, -0.05) is 36.4 Å². The van der Waals surface area contributed by atoms with Crippen molar-refractivity contribution in [2.45, 2.75) is 19.4 Å². The lowest BCUT2D eigenvalue weighted by atomic mass is 10.1. The Hall–Kier alpha value is -3.78. The average Bonchev–Trinajstić information content (AvgIpc) is 2.87. The summed E-state index contributed by atoms with van der Waals surface area (Å²) in [7, 11) is 4.04. The van der Waals surface area contributed by atoms with Crippen LogP contribution in [0.2, 0.25) is 5.02 Å². The van der Waals surface area contributed by atoms with E-state index in [0.29, 0.717) is 42.0 Å². The highest BCUT2D eigenvalue weighted by Crippen LogP contribution is 2.27. The van der Waals surface area contributed by atoms with Crippen molar-refractivity contribution in [2.75, 3.05) is 50.1 Å². The van der Waals surface area contributed by atoms with Crippen molar-refractivity contribution in [2.24, 2.45) is 0 Å². The molecule has 0 saturated carbocycles. The Morgan fingerprint density at radius 1 is 1.19 bits per heavy atom. The highest BCUT2D eigenvalue weighted by Gasteiger charge is 2.27. The Morgan fingerprint density at radius 2 is 1.95 bits per heavy atom. The van der Waals surface area contributed by atoms with Crippen molar-refractivity contribution in [3.05, 3.63) is 77.7 Å². The van der Waals surface area contributed by atoms with Gasteiger partial charge in [-0.25, -0.2) is 9.97 Å². The van der Waals surface area contributed by atoms with Crippen molar-refractivity contribution in [1.82, 2.24) is 14.9 Å². The van der Waals surface area contributed by atoms with Crippen LogP contribution in [0.4, 0.5) is 11.6 Å². The predicted molar refractivity (Wildman–Crippen MR) is 148 cm³/mol. The van der Waals surface area contributed by atoms with Crippen LogP contribution in [0.1, 0.15) is 12.5 Å². The lowest BCUT2D eigenvalue weighted by molar-refractivity contribution is -0.136. The van der Waals surface area contributed by atoms with Gasteiger partial charge in [0.2, 0.25) is 5.95 Å². The molecule has 0 unspecified atom stereocenters. The third-order valence-corrected chi connectivity index (χ3v) is 6.67. The third kappa shape index (κ3) is 6.51. The van der Waals surface area contributed by atoms with E-state index in [2.05, 4.69) is 56.4 Å². The van der Waals surface area contributed by atoms with Gasteiger partial charge in [0.15, 0.2) is 0 Å². The van der Waals surface area contributed by atoms with Gasteiger partial charge in [0, 0.05) is 56.0 Å². The molecule has 1 fully saturated rings. The van der Waals surface area contributed by atoms with Crippen LogP contribution >= 0.6 is 11.6 Å². The number of halogens is 1. The molecule has 0 spiro atoms. The van der Waals surface area contributed by atoms with Gasteiger partial charge < -0.3 is 24.5 Å². The molecule has 194 valence electrons. The van der Waals surface area contributed by atoms with Crippen molar-refractivity contribution < 1.29 is 14.6 Å². The summed E-state index contributed by atoms with van der Waals surface area (Å²) in [5.41, 5.74) is 4.78. The molecule has 1 N–H and O–H groups in total. The molecule has 1 aliphatic heterocycles. The van der Waals surface area contributed by atoms with Crippen molar-refractivity contribution in [1.29, 1.82) is 0 Å². The number of carboxylic acid groups (broad SMARTS) is 1. The molecule has 1 atom stereocenters. The Bertz CT molecular complexity index is 1260. The molecule has 1 saturated heterocycles. The smallest absolute Gasteiger partial charge is 0.307 e. The van der Waals surface area contributed by atoms with Gasteiger partial charge in [-0.2, -0.15) is 0 Å². The largest absolute Gasteiger partial charge is 0.490 e. The fourth-order valence-corrected chi connectivity index (χ4v) is 4.60. The summed E-state index contributed by atoms with van der Waals surface area (Å²) in [5.74, 6) is 0.272. The number of aromatic nitrogens is 2. The number of rotatable bonds is 9. The molecule has 0 aliphatic carbocycles. The zero-order valence-corrected chi connectivity index (χ0v) is 22.1. The molecule has 4 rings (SSSR count). The molecule has 1 aromatic heterocycles.